The molecule has 0 bridgehead atoms. The van der Waals surface area contributed by atoms with Crippen LogP contribution in [-0.4, -0.2) is 23.8 Å². The first-order valence-corrected chi connectivity index (χ1v) is 4.16. The van der Waals surface area contributed by atoms with Crippen LogP contribution in [-0.2, 0) is 14.0 Å². The van der Waals surface area contributed by atoms with Crippen molar-refractivity contribution in [2.45, 2.75) is 19.4 Å². The van der Waals surface area contributed by atoms with Crippen LogP contribution >= 0.6 is 8.46 Å². The van der Waals surface area contributed by atoms with Crippen LogP contribution in [0, 0.1) is 6.61 Å². The van der Waals surface area contributed by atoms with Gasteiger partial charge in [-0.25, -0.2) is 0 Å². The summed E-state index contributed by atoms with van der Waals surface area (Å²) >= 11 is 0. The van der Waals surface area contributed by atoms with E-state index >= 15 is 0 Å². The first-order valence-electron chi connectivity index (χ1n) is 3.35. The van der Waals surface area contributed by atoms with E-state index in [4.69, 9.17) is 9.47 Å². The van der Waals surface area contributed by atoms with Crippen LogP contribution in [0.2, 0.25) is 0 Å². The third-order valence-corrected chi connectivity index (χ3v) is 1.39. The monoisotopic (exact) mass is 179 g/mol. The van der Waals surface area contributed by atoms with Crippen molar-refractivity contribution in [1.82, 2.24) is 0 Å². The van der Waals surface area contributed by atoms with Crippen molar-refractivity contribution in [3.63, 3.8) is 0 Å². The standard InChI is InChI=1S/C6H12O4P/c1-3-9-5-6(7,11-8)10-4-2/h5,7H,3-4H2,1-2H3. The lowest BCUT2D eigenvalue weighted by Crippen LogP contribution is -2.27. The second-order valence-corrected chi connectivity index (χ2v) is 2.58. The third-order valence-electron chi connectivity index (χ3n) is 0.891. The smallest absolute Gasteiger partial charge is 0.278 e. The van der Waals surface area contributed by atoms with E-state index in [1.165, 1.54) is 0 Å². The molecule has 65 valence electrons. The molecular weight excluding hydrogens is 167 g/mol. The maximum absolute atomic E-state index is 10.3. The van der Waals surface area contributed by atoms with Gasteiger partial charge in [0.25, 0.3) is 5.53 Å². The van der Waals surface area contributed by atoms with E-state index < -0.39 is 14.0 Å². The van der Waals surface area contributed by atoms with Crippen LogP contribution in [0.15, 0.2) is 0 Å². The molecule has 11 heavy (non-hydrogen) atoms. The Bertz CT molecular complexity index is 119. The molecule has 4 nitrogen and oxygen atoms in total. The molecule has 1 N–H and O–H groups in total. The molecule has 0 aromatic heterocycles. The Morgan fingerprint density at radius 3 is 2.55 bits per heavy atom. The number of aliphatic hydroxyl groups is 1. The second kappa shape index (κ2) is 5.61. The topological polar surface area (TPSA) is 55.8 Å². The molecule has 1 radical (unpaired) electrons. The molecule has 0 amide bonds. The molecule has 0 aromatic carbocycles. The Hall–Kier alpha value is -0.0200. The molecule has 1 unspecified atom stereocenters. The van der Waals surface area contributed by atoms with E-state index in [-0.39, 0.29) is 6.61 Å². The van der Waals surface area contributed by atoms with Gasteiger partial charge >= 0.3 is 0 Å². The zero-order chi connectivity index (χ0) is 8.74. The lowest BCUT2D eigenvalue weighted by Gasteiger charge is -2.18. The van der Waals surface area contributed by atoms with E-state index in [1.807, 2.05) is 0 Å². The van der Waals surface area contributed by atoms with E-state index in [0.29, 0.717) is 6.61 Å². The maximum atomic E-state index is 10.3. The van der Waals surface area contributed by atoms with Crippen LogP contribution in [0.4, 0.5) is 0 Å². The van der Waals surface area contributed by atoms with Crippen LogP contribution < -0.4 is 0 Å². The predicted octanol–water partition coefficient (Wildman–Crippen LogP) is 1.16. The van der Waals surface area contributed by atoms with Crippen molar-refractivity contribution in [3.05, 3.63) is 6.61 Å². The van der Waals surface area contributed by atoms with E-state index in [2.05, 4.69) is 0 Å². The van der Waals surface area contributed by atoms with Gasteiger partial charge in [-0.2, -0.15) is 0 Å². The van der Waals surface area contributed by atoms with E-state index in [9.17, 15) is 9.67 Å². The summed E-state index contributed by atoms with van der Waals surface area (Å²) in [5, 5.41) is 9.22. The van der Waals surface area contributed by atoms with Gasteiger partial charge in [-0.05, 0) is 13.8 Å². The highest BCUT2D eigenvalue weighted by Gasteiger charge is 2.29. The number of ether oxygens (including phenoxy) is 2. The summed E-state index contributed by atoms with van der Waals surface area (Å²) in [5.74, 6) is 0. The minimum atomic E-state index is -1.79. The van der Waals surface area contributed by atoms with Crippen molar-refractivity contribution >= 4 is 8.46 Å². The van der Waals surface area contributed by atoms with Gasteiger partial charge in [-0.15, -0.1) is 0 Å². The molecule has 0 aliphatic heterocycles. The largest absolute Gasteiger partial charge is 0.369 e. The Labute approximate surface area is 67.7 Å². The highest BCUT2D eigenvalue weighted by atomic mass is 31.1. The Balaban J connectivity index is 3.77. The highest BCUT2D eigenvalue weighted by molar-refractivity contribution is 7.25. The molecule has 0 rings (SSSR count). The number of hydrogen-bond acceptors (Lipinski definition) is 4. The van der Waals surface area contributed by atoms with Crippen molar-refractivity contribution in [3.8, 4) is 0 Å². The minimum absolute atomic E-state index is 0.273. The SMILES string of the molecule is CCO[CH]C(O)(OCC)P=O. The second-order valence-electron chi connectivity index (χ2n) is 1.76. The van der Waals surface area contributed by atoms with Gasteiger partial charge in [0.05, 0.1) is 0 Å². The molecule has 0 aromatic rings. The number of rotatable bonds is 6. The summed E-state index contributed by atoms with van der Waals surface area (Å²) in [5.41, 5.74) is -1.79. The molecule has 5 heteroatoms. The quantitative estimate of drug-likeness (QED) is 0.491. The molecule has 0 aliphatic carbocycles. The van der Waals surface area contributed by atoms with Crippen molar-refractivity contribution < 1.29 is 19.1 Å². The number of hydrogen-bond donors (Lipinski definition) is 1. The Morgan fingerprint density at radius 2 is 2.18 bits per heavy atom. The maximum Gasteiger partial charge on any atom is 0.278 e. The van der Waals surface area contributed by atoms with Gasteiger partial charge in [0.2, 0.25) is 8.46 Å². The zero-order valence-electron chi connectivity index (χ0n) is 6.61. The van der Waals surface area contributed by atoms with Gasteiger partial charge in [0, 0.05) is 13.2 Å². The van der Waals surface area contributed by atoms with Gasteiger partial charge in [-0.3, -0.25) is 4.57 Å². The van der Waals surface area contributed by atoms with Crippen LogP contribution in [0.25, 0.3) is 0 Å². The van der Waals surface area contributed by atoms with Gasteiger partial charge in [-0.1, -0.05) is 0 Å². The van der Waals surface area contributed by atoms with Crippen LogP contribution in [0.5, 0.6) is 0 Å². The Kier molecular flexibility index (Phi) is 5.60. The summed E-state index contributed by atoms with van der Waals surface area (Å²) in [7, 11) is -0.520. The summed E-state index contributed by atoms with van der Waals surface area (Å²) in [4.78, 5) is 0. The summed E-state index contributed by atoms with van der Waals surface area (Å²) in [6.07, 6.45) is 0. The fourth-order valence-electron chi connectivity index (χ4n) is 0.486. The first kappa shape index (κ1) is 11.0. The van der Waals surface area contributed by atoms with Crippen LogP contribution in [0.3, 0.4) is 0 Å². The molecule has 0 spiro atoms. The molecule has 0 fully saturated rings. The third kappa shape index (κ3) is 4.43. The molecule has 1 atom stereocenters. The van der Waals surface area contributed by atoms with Crippen molar-refractivity contribution in [1.29, 1.82) is 0 Å². The summed E-state index contributed by atoms with van der Waals surface area (Å²) < 4.78 is 19.8. The fourth-order valence-corrected chi connectivity index (χ4v) is 0.786. The molecule has 0 saturated heterocycles. The molecule has 0 heterocycles. The van der Waals surface area contributed by atoms with E-state index in [1.54, 1.807) is 13.8 Å². The fraction of sp³-hybridized carbons (Fsp3) is 0.833. The van der Waals surface area contributed by atoms with E-state index in [0.717, 1.165) is 6.61 Å². The predicted molar refractivity (Wildman–Crippen MR) is 40.1 cm³/mol. The molecule has 0 saturated carbocycles. The molecule has 0 aliphatic rings. The van der Waals surface area contributed by atoms with Crippen molar-refractivity contribution in [2.24, 2.45) is 0 Å². The zero-order valence-corrected chi connectivity index (χ0v) is 7.51. The molecular formula is C6H12O4P. The Morgan fingerprint density at radius 1 is 1.55 bits per heavy atom. The average molecular weight is 179 g/mol. The lowest BCUT2D eigenvalue weighted by molar-refractivity contribution is -0.137. The minimum Gasteiger partial charge on any atom is -0.369 e. The average Bonchev–Trinajstić information content (AvgIpc) is 2.02. The highest BCUT2D eigenvalue weighted by Crippen LogP contribution is 2.24. The van der Waals surface area contributed by atoms with Gasteiger partial charge in [0.1, 0.15) is 0 Å². The first-order chi connectivity index (χ1) is 5.18. The summed E-state index contributed by atoms with van der Waals surface area (Å²) in [6, 6.07) is 0. The lowest BCUT2D eigenvalue weighted by atomic mass is 10.6. The summed E-state index contributed by atoms with van der Waals surface area (Å²) in [6.45, 7) is 5.14. The van der Waals surface area contributed by atoms with Gasteiger partial charge < -0.3 is 14.6 Å². The van der Waals surface area contributed by atoms with Crippen LogP contribution in [0.1, 0.15) is 13.8 Å². The normalized spacial score (nSPS) is 16.6. The van der Waals surface area contributed by atoms with Gasteiger partial charge in [0.15, 0.2) is 6.61 Å². The van der Waals surface area contributed by atoms with Crippen molar-refractivity contribution in [2.75, 3.05) is 13.2 Å².